The van der Waals surface area contributed by atoms with Crippen molar-refractivity contribution in [1.82, 2.24) is 14.8 Å². The lowest BCUT2D eigenvalue weighted by atomic mass is 10.3. The molecule has 0 unspecified atom stereocenters. The van der Waals surface area contributed by atoms with Gasteiger partial charge < -0.3 is 9.84 Å². The molecule has 2 rings (SSSR count). The average molecular weight is 247 g/mol. The Morgan fingerprint density at radius 3 is 2.56 bits per heavy atom. The summed E-state index contributed by atoms with van der Waals surface area (Å²) >= 11 is 0. The molecule has 0 spiro atoms. The van der Waals surface area contributed by atoms with Crippen LogP contribution in [-0.4, -0.2) is 32.4 Å². The van der Waals surface area contributed by atoms with Crippen molar-refractivity contribution < 1.29 is 14.6 Å². The van der Waals surface area contributed by atoms with Gasteiger partial charge in [-0.25, -0.2) is 14.5 Å². The monoisotopic (exact) mass is 247 g/mol. The first kappa shape index (κ1) is 12.1. The zero-order valence-electron chi connectivity index (χ0n) is 10.1. The van der Waals surface area contributed by atoms with E-state index in [1.54, 1.807) is 31.2 Å². The van der Waals surface area contributed by atoms with E-state index in [0.717, 1.165) is 11.4 Å². The molecule has 18 heavy (non-hydrogen) atoms. The Kier molecular flexibility index (Phi) is 3.27. The number of carbonyl (C=O) groups is 1. The van der Waals surface area contributed by atoms with Crippen molar-refractivity contribution in [3.05, 3.63) is 35.9 Å². The molecule has 94 valence electrons. The quantitative estimate of drug-likeness (QED) is 0.889. The molecule has 0 saturated heterocycles. The van der Waals surface area contributed by atoms with Gasteiger partial charge in [-0.2, -0.15) is 0 Å². The summed E-state index contributed by atoms with van der Waals surface area (Å²) in [6.45, 7) is 4.22. The smallest absolute Gasteiger partial charge is 0.375 e. The molecule has 6 heteroatoms. The number of rotatable bonds is 4. The van der Waals surface area contributed by atoms with Gasteiger partial charge in [0.15, 0.2) is 0 Å². The summed E-state index contributed by atoms with van der Waals surface area (Å²) in [5, 5.41) is 12.7. The van der Waals surface area contributed by atoms with Crippen LogP contribution in [0.3, 0.4) is 0 Å². The Morgan fingerprint density at radius 1 is 1.39 bits per heavy atom. The van der Waals surface area contributed by atoms with Crippen molar-refractivity contribution in [3.63, 3.8) is 0 Å². The van der Waals surface area contributed by atoms with Gasteiger partial charge >= 0.3 is 5.97 Å². The van der Waals surface area contributed by atoms with E-state index in [9.17, 15) is 4.79 Å². The van der Waals surface area contributed by atoms with Crippen LogP contribution in [-0.2, 0) is 0 Å². The maximum atomic E-state index is 10.8. The largest absolute Gasteiger partial charge is 0.494 e. The second-order valence-corrected chi connectivity index (χ2v) is 3.63. The van der Waals surface area contributed by atoms with E-state index in [2.05, 4.69) is 10.1 Å². The van der Waals surface area contributed by atoms with Gasteiger partial charge in [-0.3, -0.25) is 0 Å². The summed E-state index contributed by atoms with van der Waals surface area (Å²) in [5.74, 6) is -0.0572. The van der Waals surface area contributed by atoms with Crippen LogP contribution in [0.1, 0.15) is 23.4 Å². The number of benzene rings is 1. The first-order valence-electron chi connectivity index (χ1n) is 5.52. The summed E-state index contributed by atoms with van der Waals surface area (Å²) in [6.07, 6.45) is 0. The van der Waals surface area contributed by atoms with Crippen molar-refractivity contribution in [2.75, 3.05) is 6.61 Å². The molecule has 0 saturated carbocycles. The number of aromatic carboxylic acids is 1. The summed E-state index contributed by atoms with van der Waals surface area (Å²) in [4.78, 5) is 14.6. The number of ether oxygens (including phenoxy) is 1. The normalized spacial score (nSPS) is 10.3. The van der Waals surface area contributed by atoms with Crippen molar-refractivity contribution in [1.29, 1.82) is 0 Å². The number of carboxylic acids is 1. The van der Waals surface area contributed by atoms with Gasteiger partial charge in [-0.05, 0) is 38.1 Å². The van der Waals surface area contributed by atoms with Crippen LogP contribution in [0.15, 0.2) is 24.3 Å². The Morgan fingerprint density at radius 2 is 2.06 bits per heavy atom. The summed E-state index contributed by atoms with van der Waals surface area (Å²) < 4.78 is 6.82. The van der Waals surface area contributed by atoms with E-state index in [1.807, 2.05) is 6.92 Å². The number of aromatic nitrogens is 3. The van der Waals surface area contributed by atoms with Gasteiger partial charge in [0, 0.05) is 0 Å². The molecule has 6 nitrogen and oxygen atoms in total. The van der Waals surface area contributed by atoms with Crippen LogP contribution < -0.4 is 4.74 Å². The topological polar surface area (TPSA) is 77.2 Å². The van der Waals surface area contributed by atoms with Crippen LogP contribution in [0.2, 0.25) is 0 Å². The maximum absolute atomic E-state index is 10.8. The van der Waals surface area contributed by atoms with Gasteiger partial charge in [-0.15, -0.1) is 5.10 Å². The number of aryl methyl sites for hydroxylation is 1. The van der Waals surface area contributed by atoms with Crippen molar-refractivity contribution >= 4 is 5.97 Å². The molecule has 2 aromatic rings. The molecule has 0 amide bonds. The van der Waals surface area contributed by atoms with E-state index in [1.165, 1.54) is 4.68 Å². The minimum Gasteiger partial charge on any atom is -0.494 e. The SMILES string of the molecule is CCOc1ccc(-n2nc(C(=O)O)nc2C)cc1. The second kappa shape index (κ2) is 4.87. The lowest BCUT2D eigenvalue weighted by Gasteiger charge is -2.05. The Labute approximate surface area is 104 Å². The molecule has 0 aliphatic carbocycles. The van der Waals surface area contributed by atoms with Gasteiger partial charge in [0.1, 0.15) is 11.6 Å². The number of hydrogen-bond acceptors (Lipinski definition) is 4. The molecule has 0 atom stereocenters. The lowest BCUT2D eigenvalue weighted by Crippen LogP contribution is -2.02. The highest BCUT2D eigenvalue weighted by atomic mass is 16.5. The summed E-state index contributed by atoms with van der Waals surface area (Å²) in [5.41, 5.74) is 0.746. The minimum atomic E-state index is -1.14. The van der Waals surface area contributed by atoms with E-state index in [4.69, 9.17) is 9.84 Å². The molecule has 0 fully saturated rings. The predicted octanol–water partition coefficient (Wildman–Crippen LogP) is 1.67. The fourth-order valence-corrected chi connectivity index (χ4v) is 1.58. The molecule has 1 N–H and O–H groups in total. The van der Waals surface area contributed by atoms with Gasteiger partial charge in [0.25, 0.3) is 5.82 Å². The predicted molar refractivity (Wildman–Crippen MR) is 64.2 cm³/mol. The first-order chi connectivity index (χ1) is 8.61. The molecule has 1 heterocycles. The van der Waals surface area contributed by atoms with Gasteiger partial charge in [-0.1, -0.05) is 0 Å². The van der Waals surface area contributed by atoms with Crippen LogP contribution in [0.5, 0.6) is 5.75 Å². The minimum absolute atomic E-state index is 0.207. The van der Waals surface area contributed by atoms with Crippen LogP contribution in [0.4, 0.5) is 0 Å². The highest BCUT2D eigenvalue weighted by Gasteiger charge is 2.13. The zero-order chi connectivity index (χ0) is 13.1. The van der Waals surface area contributed by atoms with Crippen LogP contribution in [0, 0.1) is 6.92 Å². The van der Waals surface area contributed by atoms with E-state index >= 15 is 0 Å². The van der Waals surface area contributed by atoms with Crippen molar-refractivity contribution in [2.45, 2.75) is 13.8 Å². The highest BCUT2D eigenvalue weighted by Crippen LogP contribution is 2.15. The summed E-state index contributed by atoms with van der Waals surface area (Å²) in [7, 11) is 0. The number of nitrogens with zero attached hydrogens (tertiary/aromatic N) is 3. The molecule has 1 aromatic carbocycles. The van der Waals surface area contributed by atoms with E-state index < -0.39 is 5.97 Å². The third-order valence-electron chi connectivity index (χ3n) is 2.35. The fraction of sp³-hybridized carbons (Fsp3) is 0.250. The van der Waals surface area contributed by atoms with Gasteiger partial charge in [0.2, 0.25) is 0 Å². The molecule has 0 bridgehead atoms. The van der Waals surface area contributed by atoms with Crippen LogP contribution in [0.25, 0.3) is 5.69 Å². The first-order valence-corrected chi connectivity index (χ1v) is 5.52. The molecule has 1 aromatic heterocycles. The van der Waals surface area contributed by atoms with Gasteiger partial charge in [0.05, 0.1) is 12.3 Å². The highest BCUT2D eigenvalue weighted by molar-refractivity contribution is 5.83. The Balaban J connectivity index is 2.33. The van der Waals surface area contributed by atoms with Crippen molar-refractivity contribution in [2.24, 2.45) is 0 Å². The zero-order valence-corrected chi connectivity index (χ0v) is 10.1. The third kappa shape index (κ3) is 2.32. The number of hydrogen-bond donors (Lipinski definition) is 1. The van der Waals surface area contributed by atoms with E-state index in [0.29, 0.717) is 12.4 Å². The molecule has 0 radical (unpaired) electrons. The second-order valence-electron chi connectivity index (χ2n) is 3.63. The Bertz CT molecular complexity index is 560. The molecular formula is C12H13N3O3. The molecule has 0 aliphatic rings. The standard InChI is InChI=1S/C12H13N3O3/c1-3-18-10-6-4-9(5-7-10)15-8(2)13-11(14-15)12(16)17/h4-7H,3H2,1-2H3,(H,16,17). The third-order valence-corrected chi connectivity index (χ3v) is 2.35. The summed E-state index contributed by atoms with van der Waals surface area (Å²) in [6, 6.07) is 7.22. The number of carboxylic acid groups (broad SMARTS) is 1. The fourth-order valence-electron chi connectivity index (χ4n) is 1.58. The van der Waals surface area contributed by atoms with E-state index in [-0.39, 0.29) is 5.82 Å². The average Bonchev–Trinajstić information content (AvgIpc) is 2.73. The molecular weight excluding hydrogens is 234 g/mol. The molecule has 0 aliphatic heterocycles. The maximum Gasteiger partial charge on any atom is 0.375 e. The van der Waals surface area contributed by atoms with Crippen molar-refractivity contribution in [3.8, 4) is 11.4 Å². The lowest BCUT2D eigenvalue weighted by molar-refractivity contribution is 0.0683. The van der Waals surface area contributed by atoms with Crippen LogP contribution >= 0.6 is 0 Å². The Hall–Kier alpha value is -2.37.